The summed E-state index contributed by atoms with van der Waals surface area (Å²) < 4.78 is 1.05. The number of anilines is 1. The van der Waals surface area contributed by atoms with Gasteiger partial charge in [-0.25, -0.2) is 0 Å². The van der Waals surface area contributed by atoms with Crippen LogP contribution in [-0.4, -0.2) is 5.11 Å². The minimum atomic E-state index is 0.219. The maximum atomic E-state index is 5.46. The predicted octanol–water partition coefficient (Wildman–Crippen LogP) is 5.52. The Bertz CT molecular complexity index is 596. The van der Waals surface area contributed by atoms with Gasteiger partial charge in [0.1, 0.15) is 0 Å². The molecule has 2 rings (SSSR count). The van der Waals surface area contributed by atoms with Gasteiger partial charge >= 0.3 is 0 Å². The van der Waals surface area contributed by atoms with Crippen molar-refractivity contribution in [1.82, 2.24) is 5.32 Å². The summed E-state index contributed by atoms with van der Waals surface area (Å²) >= 11 is 8.90. The van der Waals surface area contributed by atoms with Crippen LogP contribution in [0.3, 0.4) is 0 Å². The Morgan fingerprint density at radius 1 is 1.05 bits per heavy atom. The van der Waals surface area contributed by atoms with Gasteiger partial charge in [-0.1, -0.05) is 60.1 Å². The van der Waals surface area contributed by atoms with E-state index >= 15 is 0 Å². The van der Waals surface area contributed by atoms with Gasteiger partial charge in [-0.05, 0) is 54.4 Å². The van der Waals surface area contributed by atoms with E-state index in [9.17, 15) is 0 Å². The third-order valence-electron chi connectivity index (χ3n) is 3.32. The molecule has 0 aromatic heterocycles. The lowest BCUT2D eigenvalue weighted by Crippen LogP contribution is -2.33. The van der Waals surface area contributed by atoms with Gasteiger partial charge in [0.15, 0.2) is 5.11 Å². The van der Waals surface area contributed by atoms with E-state index < -0.39 is 0 Å². The predicted molar refractivity (Wildman–Crippen MR) is 102 cm³/mol. The van der Waals surface area contributed by atoms with Crippen molar-refractivity contribution in [3.05, 3.63) is 64.6 Å². The summed E-state index contributed by atoms with van der Waals surface area (Å²) in [6.07, 6.45) is 1.03. The van der Waals surface area contributed by atoms with Gasteiger partial charge in [-0.3, -0.25) is 0 Å². The van der Waals surface area contributed by atoms with Gasteiger partial charge < -0.3 is 10.6 Å². The quantitative estimate of drug-likeness (QED) is 0.671. The third kappa shape index (κ3) is 5.43. The summed E-state index contributed by atoms with van der Waals surface area (Å²) in [5, 5.41) is 7.33. The number of hydrogen-bond donors (Lipinski definition) is 2. The zero-order valence-corrected chi connectivity index (χ0v) is 15.2. The number of rotatable bonds is 5. The van der Waals surface area contributed by atoms with Crippen molar-refractivity contribution in [1.29, 1.82) is 0 Å². The summed E-state index contributed by atoms with van der Waals surface area (Å²) in [6, 6.07) is 18.7. The van der Waals surface area contributed by atoms with Crippen molar-refractivity contribution >= 4 is 38.9 Å². The second-order valence-corrected chi connectivity index (χ2v) is 7.02. The van der Waals surface area contributed by atoms with Crippen LogP contribution in [0.2, 0.25) is 0 Å². The second kappa shape index (κ2) is 8.30. The summed E-state index contributed by atoms with van der Waals surface area (Å²) in [6.45, 7) is 4.45. The Balaban J connectivity index is 2.03. The van der Waals surface area contributed by atoms with Gasteiger partial charge in [0.25, 0.3) is 0 Å². The van der Waals surface area contributed by atoms with Gasteiger partial charge in [-0.15, -0.1) is 0 Å². The van der Waals surface area contributed by atoms with E-state index in [0.29, 0.717) is 11.0 Å². The van der Waals surface area contributed by atoms with Crippen LogP contribution in [0.4, 0.5) is 5.69 Å². The highest BCUT2D eigenvalue weighted by atomic mass is 79.9. The number of nitrogens with one attached hydrogen (secondary N) is 2. The largest absolute Gasteiger partial charge is 0.356 e. The van der Waals surface area contributed by atoms with Crippen molar-refractivity contribution in [3.8, 4) is 0 Å². The number of thiocarbonyl (C=S) groups is 1. The molecule has 4 heteroatoms. The average molecular weight is 377 g/mol. The molecule has 0 spiro atoms. The molecular formula is C18H21BrN2S. The lowest BCUT2D eigenvalue weighted by Gasteiger charge is -2.23. The van der Waals surface area contributed by atoms with Crippen LogP contribution in [0.5, 0.6) is 0 Å². The van der Waals surface area contributed by atoms with Crippen LogP contribution in [0.25, 0.3) is 0 Å². The summed E-state index contributed by atoms with van der Waals surface area (Å²) in [4.78, 5) is 0. The first kappa shape index (κ1) is 17.0. The smallest absolute Gasteiger partial charge is 0.171 e. The Morgan fingerprint density at radius 2 is 1.68 bits per heavy atom. The molecule has 2 nitrogen and oxygen atoms in total. The summed E-state index contributed by atoms with van der Waals surface area (Å²) in [7, 11) is 0. The van der Waals surface area contributed by atoms with Crippen LogP contribution < -0.4 is 10.6 Å². The molecule has 1 atom stereocenters. The van der Waals surface area contributed by atoms with Crippen LogP contribution in [-0.2, 0) is 0 Å². The Hall–Kier alpha value is -1.39. The van der Waals surface area contributed by atoms with E-state index in [0.717, 1.165) is 16.6 Å². The normalized spacial score (nSPS) is 12.0. The highest BCUT2D eigenvalue weighted by Crippen LogP contribution is 2.21. The summed E-state index contributed by atoms with van der Waals surface area (Å²) in [5.41, 5.74) is 2.24. The van der Waals surface area contributed by atoms with E-state index in [1.165, 1.54) is 5.56 Å². The summed E-state index contributed by atoms with van der Waals surface area (Å²) in [5.74, 6) is 0.591. The van der Waals surface area contributed by atoms with Crippen molar-refractivity contribution in [2.45, 2.75) is 26.3 Å². The Labute approximate surface area is 146 Å². The van der Waals surface area contributed by atoms with Crippen LogP contribution in [0.1, 0.15) is 31.9 Å². The van der Waals surface area contributed by atoms with Crippen LogP contribution in [0, 0.1) is 5.92 Å². The topological polar surface area (TPSA) is 24.1 Å². The molecule has 0 saturated heterocycles. The molecule has 2 N–H and O–H groups in total. The highest BCUT2D eigenvalue weighted by Gasteiger charge is 2.14. The van der Waals surface area contributed by atoms with E-state index in [1.807, 2.05) is 30.3 Å². The number of halogens is 1. The maximum Gasteiger partial charge on any atom is 0.171 e. The molecule has 0 bridgehead atoms. The van der Waals surface area contributed by atoms with Crippen molar-refractivity contribution < 1.29 is 0 Å². The number of benzene rings is 2. The molecular weight excluding hydrogens is 356 g/mol. The SMILES string of the molecule is CC(C)CC(NC(=S)Nc1ccc(Br)cc1)c1ccccc1. The molecule has 0 fully saturated rings. The molecule has 1 unspecified atom stereocenters. The second-order valence-electron chi connectivity index (χ2n) is 5.70. The standard InChI is InChI=1S/C18H21BrN2S/c1-13(2)12-17(14-6-4-3-5-7-14)21-18(22)20-16-10-8-15(19)9-11-16/h3-11,13,17H,12H2,1-2H3,(H2,20,21,22). The molecule has 2 aromatic rings. The van der Waals surface area contributed by atoms with E-state index in [4.69, 9.17) is 12.2 Å². The number of hydrogen-bond acceptors (Lipinski definition) is 1. The molecule has 22 heavy (non-hydrogen) atoms. The Morgan fingerprint density at radius 3 is 2.27 bits per heavy atom. The van der Waals surface area contributed by atoms with Gasteiger partial charge in [0.2, 0.25) is 0 Å². The lowest BCUT2D eigenvalue weighted by atomic mass is 9.97. The molecule has 0 amide bonds. The minimum Gasteiger partial charge on any atom is -0.356 e. The van der Waals surface area contributed by atoms with Crippen molar-refractivity contribution in [2.24, 2.45) is 5.92 Å². The highest BCUT2D eigenvalue weighted by molar-refractivity contribution is 9.10. The van der Waals surface area contributed by atoms with Crippen molar-refractivity contribution in [2.75, 3.05) is 5.32 Å². The molecule has 0 aliphatic rings. The molecule has 116 valence electrons. The fourth-order valence-electron chi connectivity index (χ4n) is 2.29. The molecule has 0 heterocycles. The van der Waals surface area contributed by atoms with Crippen LogP contribution >= 0.6 is 28.1 Å². The van der Waals surface area contributed by atoms with Gasteiger partial charge in [0.05, 0.1) is 6.04 Å². The zero-order chi connectivity index (χ0) is 15.9. The van der Waals surface area contributed by atoms with Crippen LogP contribution in [0.15, 0.2) is 59.1 Å². The Kier molecular flexibility index (Phi) is 6.40. The van der Waals surface area contributed by atoms with E-state index in [1.54, 1.807) is 0 Å². The fourth-order valence-corrected chi connectivity index (χ4v) is 2.82. The van der Waals surface area contributed by atoms with E-state index in [-0.39, 0.29) is 6.04 Å². The monoisotopic (exact) mass is 376 g/mol. The third-order valence-corrected chi connectivity index (χ3v) is 4.07. The fraction of sp³-hybridized carbons (Fsp3) is 0.278. The average Bonchev–Trinajstić information content (AvgIpc) is 2.49. The first-order valence-corrected chi connectivity index (χ1v) is 8.62. The minimum absolute atomic E-state index is 0.219. The van der Waals surface area contributed by atoms with Gasteiger partial charge in [-0.2, -0.15) is 0 Å². The maximum absolute atomic E-state index is 5.46. The zero-order valence-electron chi connectivity index (χ0n) is 12.8. The molecule has 0 aliphatic carbocycles. The van der Waals surface area contributed by atoms with Gasteiger partial charge in [0, 0.05) is 10.2 Å². The molecule has 0 aliphatic heterocycles. The molecule has 2 aromatic carbocycles. The van der Waals surface area contributed by atoms with E-state index in [2.05, 4.69) is 64.7 Å². The van der Waals surface area contributed by atoms with Crippen molar-refractivity contribution in [3.63, 3.8) is 0 Å². The molecule has 0 saturated carbocycles. The first-order chi connectivity index (χ1) is 10.5. The first-order valence-electron chi connectivity index (χ1n) is 7.42. The lowest BCUT2D eigenvalue weighted by molar-refractivity contribution is 0.481. The molecule has 0 radical (unpaired) electrons.